The summed E-state index contributed by atoms with van der Waals surface area (Å²) in [5, 5.41) is 15.6. The molecule has 0 aliphatic heterocycles. The summed E-state index contributed by atoms with van der Waals surface area (Å²) in [4.78, 5) is 4.36. The number of nitrogens with zero attached hydrogens (tertiary/aromatic N) is 5. The van der Waals surface area contributed by atoms with Crippen LogP contribution in [0.1, 0.15) is 11.3 Å². The molecule has 0 atom stereocenters. The molecule has 0 fully saturated rings. The first-order valence-electron chi connectivity index (χ1n) is 5.75. The minimum absolute atomic E-state index is 0.771. The van der Waals surface area contributed by atoms with Crippen LogP contribution in [0.3, 0.4) is 0 Å². The molecule has 0 radical (unpaired) electrons. The lowest BCUT2D eigenvalue weighted by Crippen LogP contribution is -2.16. The molecule has 6 nitrogen and oxygen atoms in total. The monoisotopic (exact) mass is 264 g/mol. The molecule has 1 N–H and O–H groups in total. The maximum atomic E-state index is 4.36. The minimum Gasteiger partial charge on any atom is -0.318 e. The Kier molecular flexibility index (Phi) is 4.66. The van der Waals surface area contributed by atoms with Crippen molar-refractivity contribution in [3.63, 3.8) is 0 Å². The van der Waals surface area contributed by atoms with Crippen molar-refractivity contribution in [2.75, 3.05) is 13.6 Å². The first kappa shape index (κ1) is 13.0. The molecule has 2 aromatic heterocycles. The molecule has 0 amide bonds. The van der Waals surface area contributed by atoms with E-state index < -0.39 is 0 Å². The number of hydrogen-bond acceptors (Lipinski definition) is 6. The summed E-state index contributed by atoms with van der Waals surface area (Å²) in [5.74, 6) is 0.784. The van der Waals surface area contributed by atoms with Gasteiger partial charge < -0.3 is 5.32 Å². The second-order valence-electron chi connectivity index (χ2n) is 3.84. The van der Waals surface area contributed by atoms with Crippen LogP contribution in [0.5, 0.6) is 0 Å². The van der Waals surface area contributed by atoms with Crippen LogP contribution in [0.15, 0.2) is 23.5 Å². The molecular weight excluding hydrogens is 248 g/mol. The van der Waals surface area contributed by atoms with Gasteiger partial charge >= 0.3 is 0 Å². The van der Waals surface area contributed by atoms with Crippen molar-refractivity contribution in [1.29, 1.82) is 0 Å². The fourth-order valence-corrected chi connectivity index (χ4v) is 2.40. The van der Waals surface area contributed by atoms with Crippen LogP contribution in [-0.2, 0) is 12.3 Å². The summed E-state index contributed by atoms with van der Waals surface area (Å²) in [5.41, 5.74) is 2.27. The number of aryl methyl sites for hydroxylation is 1. The van der Waals surface area contributed by atoms with Gasteiger partial charge in [-0.25, -0.2) is 4.68 Å². The van der Waals surface area contributed by atoms with Crippen molar-refractivity contribution >= 4 is 11.8 Å². The quantitative estimate of drug-likeness (QED) is 0.781. The third-order valence-corrected chi connectivity index (χ3v) is 3.50. The fourth-order valence-electron chi connectivity index (χ4n) is 1.46. The Labute approximate surface area is 110 Å². The van der Waals surface area contributed by atoms with Gasteiger partial charge in [-0.3, -0.25) is 4.98 Å². The Bertz CT molecular complexity index is 498. The Morgan fingerprint density at radius 3 is 3.11 bits per heavy atom. The molecule has 0 saturated carbocycles. The van der Waals surface area contributed by atoms with Gasteiger partial charge in [-0.15, -0.1) is 5.10 Å². The van der Waals surface area contributed by atoms with Gasteiger partial charge in [0.05, 0.1) is 12.2 Å². The van der Waals surface area contributed by atoms with Gasteiger partial charge in [0.2, 0.25) is 5.16 Å². The predicted octanol–water partition coefficient (Wildman–Crippen LogP) is 0.888. The summed E-state index contributed by atoms with van der Waals surface area (Å²) < 4.78 is 1.80. The van der Waals surface area contributed by atoms with Gasteiger partial charge in [0.1, 0.15) is 0 Å². The first-order valence-corrected chi connectivity index (χ1v) is 6.74. The zero-order valence-electron chi connectivity index (χ0n) is 10.5. The number of nitrogens with one attached hydrogen (secondary N) is 1. The fraction of sp³-hybridized carbons (Fsp3) is 0.455. The molecule has 2 rings (SSSR count). The van der Waals surface area contributed by atoms with Crippen molar-refractivity contribution in [3.8, 4) is 0 Å². The zero-order valence-corrected chi connectivity index (χ0v) is 11.3. The van der Waals surface area contributed by atoms with Crippen molar-refractivity contribution in [3.05, 3.63) is 29.6 Å². The van der Waals surface area contributed by atoms with E-state index >= 15 is 0 Å². The summed E-state index contributed by atoms with van der Waals surface area (Å²) >= 11 is 1.61. The van der Waals surface area contributed by atoms with Gasteiger partial charge in [0.25, 0.3) is 0 Å². The topological polar surface area (TPSA) is 68.5 Å². The Morgan fingerprint density at radius 1 is 1.44 bits per heavy atom. The lowest BCUT2D eigenvalue weighted by molar-refractivity contribution is 0.530. The molecule has 7 heteroatoms. The zero-order chi connectivity index (χ0) is 12.8. The third-order valence-electron chi connectivity index (χ3n) is 2.53. The molecule has 0 aromatic carbocycles. The van der Waals surface area contributed by atoms with Gasteiger partial charge in [-0.2, -0.15) is 0 Å². The molecule has 0 aliphatic rings. The minimum atomic E-state index is 0.771. The maximum absolute atomic E-state index is 4.36. The number of rotatable bonds is 6. The first-order chi connectivity index (χ1) is 8.81. The van der Waals surface area contributed by atoms with E-state index in [-0.39, 0.29) is 0 Å². The van der Waals surface area contributed by atoms with Gasteiger partial charge in [0.15, 0.2) is 0 Å². The number of likely N-dealkylation sites (N-methyl/N-ethyl adjacent to an activating group) is 1. The average molecular weight is 264 g/mol. The van der Waals surface area contributed by atoms with Crippen molar-refractivity contribution in [2.45, 2.75) is 24.4 Å². The van der Waals surface area contributed by atoms with E-state index in [2.05, 4.69) is 38.8 Å². The van der Waals surface area contributed by atoms with Crippen LogP contribution in [0.2, 0.25) is 0 Å². The number of thioether (sulfide) groups is 1. The lowest BCUT2D eigenvalue weighted by Gasteiger charge is -2.05. The van der Waals surface area contributed by atoms with E-state index in [1.807, 2.05) is 19.3 Å². The third kappa shape index (κ3) is 3.27. The standard InChI is InChI=1S/C11H16N6S/c1-9-4-3-5-13-10(9)8-18-11-14-15-16-17(11)7-6-12-2/h3-5,12H,6-8H2,1-2H3. The maximum Gasteiger partial charge on any atom is 0.209 e. The molecule has 0 saturated heterocycles. The van der Waals surface area contributed by atoms with Crippen LogP contribution in [-0.4, -0.2) is 38.8 Å². The summed E-state index contributed by atoms with van der Waals surface area (Å²) in [6, 6.07) is 4.01. The highest BCUT2D eigenvalue weighted by Crippen LogP contribution is 2.20. The average Bonchev–Trinajstić information content (AvgIpc) is 2.83. The molecule has 2 aromatic rings. The Hall–Kier alpha value is -1.47. The second kappa shape index (κ2) is 6.46. The highest BCUT2D eigenvalue weighted by atomic mass is 32.2. The van der Waals surface area contributed by atoms with Crippen molar-refractivity contribution < 1.29 is 0 Å². The van der Waals surface area contributed by atoms with Gasteiger partial charge in [0, 0.05) is 18.5 Å². The van der Waals surface area contributed by atoms with Crippen LogP contribution < -0.4 is 5.32 Å². The van der Waals surface area contributed by atoms with E-state index in [4.69, 9.17) is 0 Å². The highest BCUT2D eigenvalue weighted by molar-refractivity contribution is 7.98. The van der Waals surface area contributed by atoms with Crippen molar-refractivity contribution in [1.82, 2.24) is 30.5 Å². The highest BCUT2D eigenvalue weighted by Gasteiger charge is 2.08. The van der Waals surface area contributed by atoms with Crippen LogP contribution in [0.25, 0.3) is 0 Å². The van der Waals surface area contributed by atoms with E-state index in [9.17, 15) is 0 Å². The molecule has 0 aliphatic carbocycles. The number of tetrazole rings is 1. The van der Waals surface area contributed by atoms with Gasteiger partial charge in [-0.1, -0.05) is 17.8 Å². The normalized spacial score (nSPS) is 10.8. The molecule has 18 heavy (non-hydrogen) atoms. The number of aromatic nitrogens is 5. The number of pyridine rings is 1. The van der Waals surface area contributed by atoms with E-state index in [0.29, 0.717) is 0 Å². The SMILES string of the molecule is CNCCn1nnnc1SCc1ncccc1C. The Balaban J connectivity index is 1.98. The number of hydrogen-bond donors (Lipinski definition) is 1. The largest absolute Gasteiger partial charge is 0.318 e. The van der Waals surface area contributed by atoms with E-state index in [0.717, 1.165) is 29.7 Å². The van der Waals surface area contributed by atoms with Crippen LogP contribution in [0.4, 0.5) is 0 Å². The molecule has 0 unspecified atom stereocenters. The second-order valence-corrected chi connectivity index (χ2v) is 4.79. The summed E-state index contributed by atoms with van der Waals surface area (Å²) in [6.45, 7) is 3.68. The van der Waals surface area contributed by atoms with E-state index in [1.54, 1.807) is 16.4 Å². The summed E-state index contributed by atoms with van der Waals surface area (Å²) in [6.07, 6.45) is 1.81. The molecule has 2 heterocycles. The summed E-state index contributed by atoms with van der Waals surface area (Å²) in [7, 11) is 1.91. The lowest BCUT2D eigenvalue weighted by atomic mass is 10.2. The molecule has 96 valence electrons. The van der Waals surface area contributed by atoms with Crippen molar-refractivity contribution in [2.24, 2.45) is 0 Å². The smallest absolute Gasteiger partial charge is 0.209 e. The predicted molar refractivity (Wildman–Crippen MR) is 70.3 cm³/mol. The molecular formula is C11H16N6S. The van der Waals surface area contributed by atoms with E-state index in [1.165, 1.54) is 5.56 Å². The van der Waals surface area contributed by atoms with Crippen LogP contribution >= 0.6 is 11.8 Å². The molecule has 0 spiro atoms. The van der Waals surface area contributed by atoms with Crippen LogP contribution in [0, 0.1) is 6.92 Å². The molecule has 0 bridgehead atoms. The van der Waals surface area contributed by atoms with Gasteiger partial charge in [-0.05, 0) is 36.0 Å². The Morgan fingerprint density at radius 2 is 2.33 bits per heavy atom.